The van der Waals surface area contributed by atoms with Gasteiger partial charge in [-0.3, -0.25) is 4.68 Å². The quantitative estimate of drug-likeness (QED) is 0.918. The van der Waals surface area contributed by atoms with Crippen LogP contribution in [0.3, 0.4) is 0 Å². The third-order valence-electron chi connectivity index (χ3n) is 3.59. The smallest absolute Gasteiger partial charge is 0.130 e. The van der Waals surface area contributed by atoms with Gasteiger partial charge in [0.25, 0.3) is 0 Å². The van der Waals surface area contributed by atoms with Crippen LogP contribution in [0.15, 0.2) is 18.2 Å². The Morgan fingerprint density at radius 3 is 2.57 bits per heavy atom. The molecule has 0 amide bonds. The Labute approximate surface area is 125 Å². The van der Waals surface area contributed by atoms with Crippen LogP contribution < -0.4 is 10.2 Å². The maximum absolute atomic E-state index is 13.2. The second-order valence-electron chi connectivity index (χ2n) is 5.59. The molecule has 0 aliphatic rings. The van der Waals surface area contributed by atoms with E-state index in [4.69, 9.17) is 0 Å². The Hall–Kier alpha value is -1.88. The van der Waals surface area contributed by atoms with E-state index in [0.717, 1.165) is 23.6 Å². The van der Waals surface area contributed by atoms with E-state index in [2.05, 4.69) is 15.3 Å². The van der Waals surface area contributed by atoms with Crippen LogP contribution in [0.5, 0.6) is 0 Å². The second kappa shape index (κ2) is 6.26. The predicted molar refractivity (Wildman–Crippen MR) is 84.0 cm³/mol. The van der Waals surface area contributed by atoms with Crippen molar-refractivity contribution in [2.45, 2.75) is 26.9 Å². The summed E-state index contributed by atoms with van der Waals surface area (Å²) in [4.78, 5) is 2.07. The molecule has 0 saturated carbocycles. The van der Waals surface area contributed by atoms with Gasteiger partial charge in [0, 0.05) is 39.8 Å². The zero-order valence-electron chi connectivity index (χ0n) is 13.4. The minimum Gasteiger partial charge on any atom is -0.363 e. The van der Waals surface area contributed by atoms with Crippen LogP contribution in [-0.4, -0.2) is 23.9 Å². The van der Waals surface area contributed by atoms with E-state index >= 15 is 0 Å². The molecule has 1 aromatic heterocycles. The minimum atomic E-state index is -0.156. The van der Waals surface area contributed by atoms with Gasteiger partial charge in [-0.15, -0.1) is 0 Å². The lowest BCUT2D eigenvalue weighted by Crippen LogP contribution is -2.19. The van der Waals surface area contributed by atoms with Gasteiger partial charge in [0.1, 0.15) is 11.6 Å². The Morgan fingerprint density at radius 2 is 1.95 bits per heavy atom. The topological polar surface area (TPSA) is 33.1 Å². The van der Waals surface area contributed by atoms with Crippen molar-refractivity contribution < 1.29 is 4.39 Å². The molecule has 0 aliphatic carbocycles. The molecule has 0 aliphatic heterocycles. The molecule has 2 aromatic rings. The summed E-state index contributed by atoms with van der Waals surface area (Å²) in [7, 11) is 5.99. The predicted octanol–water partition coefficient (Wildman–Crippen LogP) is 2.53. The summed E-state index contributed by atoms with van der Waals surface area (Å²) in [6.07, 6.45) is 0. The van der Waals surface area contributed by atoms with E-state index in [1.54, 1.807) is 6.92 Å². The molecule has 21 heavy (non-hydrogen) atoms. The van der Waals surface area contributed by atoms with Crippen LogP contribution in [0, 0.1) is 19.7 Å². The molecule has 0 spiro atoms. The highest BCUT2D eigenvalue weighted by Gasteiger charge is 2.14. The van der Waals surface area contributed by atoms with Gasteiger partial charge in [-0.2, -0.15) is 5.10 Å². The Bertz CT molecular complexity index is 631. The molecule has 1 heterocycles. The summed E-state index contributed by atoms with van der Waals surface area (Å²) in [6.45, 7) is 5.26. The third-order valence-corrected chi connectivity index (χ3v) is 3.59. The fourth-order valence-corrected chi connectivity index (χ4v) is 2.60. The van der Waals surface area contributed by atoms with Crippen LogP contribution in [-0.2, 0) is 20.1 Å². The molecule has 0 unspecified atom stereocenters. The molecule has 0 atom stereocenters. The molecular formula is C16H23FN4. The Kier molecular flexibility index (Phi) is 4.63. The normalized spacial score (nSPS) is 11.0. The van der Waals surface area contributed by atoms with Crippen molar-refractivity contribution in [3.8, 4) is 0 Å². The van der Waals surface area contributed by atoms with Crippen LogP contribution in [0.25, 0.3) is 0 Å². The van der Waals surface area contributed by atoms with E-state index in [9.17, 15) is 4.39 Å². The third kappa shape index (κ3) is 3.42. The van der Waals surface area contributed by atoms with Crippen LogP contribution in [0.4, 0.5) is 10.2 Å². The van der Waals surface area contributed by atoms with E-state index in [0.29, 0.717) is 12.1 Å². The van der Waals surface area contributed by atoms with Gasteiger partial charge in [0.15, 0.2) is 0 Å². The minimum absolute atomic E-state index is 0.156. The monoisotopic (exact) mass is 290 g/mol. The number of hydrogen-bond acceptors (Lipinski definition) is 3. The lowest BCUT2D eigenvalue weighted by Gasteiger charge is -2.15. The summed E-state index contributed by atoms with van der Waals surface area (Å²) in [5.41, 5.74) is 3.99. The molecular weight excluding hydrogens is 267 g/mol. The van der Waals surface area contributed by atoms with Crippen molar-refractivity contribution in [3.05, 3.63) is 46.4 Å². The van der Waals surface area contributed by atoms with Crippen molar-refractivity contribution in [1.82, 2.24) is 15.1 Å². The Morgan fingerprint density at radius 1 is 1.24 bits per heavy atom. The summed E-state index contributed by atoms with van der Waals surface area (Å²) < 4.78 is 15.1. The first-order valence-corrected chi connectivity index (χ1v) is 7.05. The number of aromatic nitrogens is 2. The number of nitrogens with one attached hydrogen (secondary N) is 1. The maximum Gasteiger partial charge on any atom is 0.130 e. The van der Waals surface area contributed by atoms with E-state index in [1.807, 2.05) is 44.9 Å². The first kappa shape index (κ1) is 15.5. The van der Waals surface area contributed by atoms with Crippen molar-refractivity contribution in [1.29, 1.82) is 0 Å². The van der Waals surface area contributed by atoms with Crippen LogP contribution in [0.2, 0.25) is 0 Å². The molecule has 1 aromatic carbocycles. The number of hydrogen-bond donors (Lipinski definition) is 1. The second-order valence-corrected chi connectivity index (χ2v) is 5.59. The SMILES string of the molecule is Cc1cc(CNCc2c(C)nn(C)c2N(C)C)ccc1F. The molecule has 4 nitrogen and oxygen atoms in total. The number of benzene rings is 1. The van der Waals surface area contributed by atoms with Crippen molar-refractivity contribution >= 4 is 5.82 Å². The Balaban J connectivity index is 2.05. The largest absolute Gasteiger partial charge is 0.363 e. The average Bonchev–Trinajstić information content (AvgIpc) is 2.68. The van der Waals surface area contributed by atoms with Gasteiger partial charge in [0.05, 0.1) is 5.69 Å². The lowest BCUT2D eigenvalue weighted by molar-refractivity contribution is 0.615. The number of rotatable bonds is 5. The fraction of sp³-hybridized carbons (Fsp3) is 0.438. The first-order chi connectivity index (χ1) is 9.90. The zero-order chi connectivity index (χ0) is 15.6. The van der Waals surface area contributed by atoms with E-state index in [1.165, 1.54) is 11.6 Å². The van der Waals surface area contributed by atoms with Gasteiger partial charge >= 0.3 is 0 Å². The van der Waals surface area contributed by atoms with E-state index in [-0.39, 0.29) is 5.82 Å². The molecule has 1 N–H and O–H groups in total. The highest BCUT2D eigenvalue weighted by molar-refractivity contribution is 5.48. The number of nitrogens with zero attached hydrogens (tertiary/aromatic N) is 3. The average molecular weight is 290 g/mol. The standard InChI is InChI=1S/C16H23FN4/c1-11-8-13(6-7-15(11)17)9-18-10-14-12(2)19-21(5)16(14)20(3)4/h6-8,18H,9-10H2,1-5H3. The van der Waals surface area contributed by atoms with Crippen molar-refractivity contribution in [3.63, 3.8) is 0 Å². The molecule has 2 rings (SSSR count). The van der Waals surface area contributed by atoms with Crippen molar-refractivity contribution in [2.24, 2.45) is 7.05 Å². The van der Waals surface area contributed by atoms with Gasteiger partial charge in [-0.1, -0.05) is 12.1 Å². The van der Waals surface area contributed by atoms with Gasteiger partial charge in [-0.25, -0.2) is 4.39 Å². The molecule has 0 fully saturated rings. The molecule has 0 bridgehead atoms. The zero-order valence-corrected chi connectivity index (χ0v) is 13.4. The van der Waals surface area contributed by atoms with Crippen molar-refractivity contribution in [2.75, 3.05) is 19.0 Å². The van der Waals surface area contributed by atoms with Gasteiger partial charge in [-0.05, 0) is 31.0 Å². The number of anilines is 1. The molecule has 0 saturated heterocycles. The molecule has 114 valence electrons. The maximum atomic E-state index is 13.2. The summed E-state index contributed by atoms with van der Waals surface area (Å²) >= 11 is 0. The lowest BCUT2D eigenvalue weighted by atomic mass is 10.1. The van der Waals surface area contributed by atoms with Gasteiger partial charge in [0.2, 0.25) is 0 Å². The fourth-order valence-electron chi connectivity index (χ4n) is 2.60. The summed E-state index contributed by atoms with van der Waals surface area (Å²) in [6, 6.07) is 5.22. The highest BCUT2D eigenvalue weighted by Crippen LogP contribution is 2.21. The summed E-state index contributed by atoms with van der Waals surface area (Å²) in [5, 5.41) is 7.88. The number of halogens is 1. The van der Waals surface area contributed by atoms with Gasteiger partial charge < -0.3 is 10.2 Å². The number of aryl methyl sites for hydroxylation is 3. The van der Waals surface area contributed by atoms with Crippen LogP contribution in [0.1, 0.15) is 22.4 Å². The molecule has 5 heteroatoms. The summed E-state index contributed by atoms with van der Waals surface area (Å²) in [5.74, 6) is 0.951. The highest BCUT2D eigenvalue weighted by atomic mass is 19.1. The van der Waals surface area contributed by atoms with Crippen LogP contribution >= 0.6 is 0 Å². The molecule has 0 radical (unpaired) electrons. The first-order valence-electron chi connectivity index (χ1n) is 7.05. The van der Waals surface area contributed by atoms with E-state index < -0.39 is 0 Å².